The number of anilines is 1. The first-order valence-corrected chi connectivity index (χ1v) is 8.92. The third-order valence-corrected chi connectivity index (χ3v) is 4.40. The number of nitrogens with one attached hydrogen (secondary N) is 2. The van der Waals surface area contributed by atoms with Crippen molar-refractivity contribution < 1.29 is 14.3 Å². The summed E-state index contributed by atoms with van der Waals surface area (Å²) in [5.74, 6) is 0.572. The van der Waals surface area contributed by atoms with Gasteiger partial charge in [0.1, 0.15) is 0 Å². The topological polar surface area (TPSA) is 67.4 Å². The number of aryl methyl sites for hydroxylation is 1. The molecular formula is C19H28N2O3. The van der Waals surface area contributed by atoms with E-state index in [1.807, 2.05) is 24.3 Å². The number of hydrogen-bond acceptors (Lipinski definition) is 4. The monoisotopic (exact) mass is 332 g/mol. The Bertz CT molecular complexity index is 522. The van der Waals surface area contributed by atoms with Gasteiger partial charge in [-0.2, -0.15) is 0 Å². The molecule has 0 unspecified atom stereocenters. The number of rotatable bonds is 8. The molecule has 0 atom stereocenters. The van der Waals surface area contributed by atoms with Crippen molar-refractivity contribution in [1.29, 1.82) is 0 Å². The average Bonchev–Trinajstić information content (AvgIpc) is 2.60. The molecule has 0 radical (unpaired) electrons. The van der Waals surface area contributed by atoms with Gasteiger partial charge >= 0.3 is 5.97 Å². The number of ether oxygens (including phenoxy) is 1. The van der Waals surface area contributed by atoms with Crippen molar-refractivity contribution in [2.75, 3.05) is 25.0 Å². The molecule has 132 valence electrons. The summed E-state index contributed by atoms with van der Waals surface area (Å²) in [6.45, 7) is 4.36. The molecule has 5 nitrogen and oxygen atoms in total. The number of esters is 1. The highest BCUT2D eigenvalue weighted by atomic mass is 16.5. The first-order chi connectivity index (χ1) is 11.7. The van der Waals surface area contributed by atoms with Crippen LogP contribution in [-0.2, 0) is 20.7 Å². The number of amides is 1. The van der Waals surface area contributed by atoms with Gasteiger partial charge in [-0.1, -0.05) is 12.1 Å². The second kappa shape index (κ2) is 10.1. The van der Waals surface area contributed by atoms with Crippen LogP contribution in [0.3, 0.4) is 0 Å². The van der Waals surface area contributed by atoms with E-state index in [0.717, 1.165) is 30.8 Å². The van der Waals surface area contributed by atoms with E-state index in [1.165, 1.54) is 12.8 Å². The Balaban J connectivity index is 1.70. The standard InChI is InChI=1S/C19H28N2O3/c1-2-24-19(23)10-6-15-3-7-17(8-4-15)21-18(22)9-5-16-11-13-20-14-12-16/h3-4,7-8,16,20H,2,5-6,9-14H2,1H3,(H,21,22). The third-order valence-electron chi connectivity index (χ3n) is 4.40. The van der Waals surface area contributed by atoms with Gasteiger partial charge in [-0.25, -0.2) is 0 Å². The molecule has 0 bridgehead atoms. The zero-order chi connectivity index (χ0) is 17.2. The summed E-state index contributed by atoms with van der Waals surface area (Å²) in [6, 6.07) is 7.68. The van der Waals surface area contributed by atoms with E-state index >= 15 is 0 Å². The van der Waals surface area contributed by atoms with Gasteiger partial charge in [0.15, 0.2) is 0 Å². The van der Waals surface area contributed by atoms with Crippen LogP contribution in [0.1, 0.15) is 44.6 Å². The average molecular weight is 332 g/mol. The van der Waals surface area contributed by atoms with Gasteiger partial charge in [0.05, 0.1) is 6.61 Å². The molecule has 1 aliphatic heterocycles. The predicted molar refractivity (Wildman–Crippen MR) is 94.9 cm³/mol. The number of piperidine rings is 1. The van der Waals surface area contributed by atoms with E-state index in [0.29, 0.717) is 31.8 Å². The van der Waals surface area contributed by atoms with E-state index in [4.69, 9.17) is 4.74 Å². The molecule has 1 amide bonds. The fourth-order valence-corrected chi connectivity index (χ4v) is 2.96. The van der Waals surface area contributed by atoms with Crippen molar-refractivity contribution in [2.24, 2.45) is 5.92 Å². The highest BCUT2D eigenvalue weighted by molar-refractivity contribution is 5.90. The van der Waals surface area contributed by atoms with Crippen LogP contribution in [0.25, 0.3) is 0 Å². The van der Waals surface area contributed by atoms with E-state index in [1.54, 1.807) is 6.92 Å². The maximum Gasteiger partial charge on any atom is 0.306 e. The molecule has 0 spiro atoms. The molecule has 1 aromatic rings. The maximum atomic E-state index is 12.0. The van der Waals surface area contributed by atoms with Gasteiger partial charge in [-0.3, -0.25) is 9.59 Å². The summed E-state index contributed by atoms with van der Waals surface area (Å²) in [4.78, 5) is 23.4. The largest absolute Gasteiger partial charge is 0.466 e. The molecule has 24 heavy (non-hydrogen) atoms. The zero-order valence-electron chi connectivity index (χ0n) is 14.5. The van der Waals surface area contributed by atoms with Crippen LogP contribution in [-0.4, -0.2) is 31.6 Å². The third kappa shape index (κ3) is 6.71. The highest BCUT2D eigenvalue weighted by Gasteiger charge is 2.14. The normalized spacial score (nSPS) is 15.0. The summed E-state index contributed by atoms with van der Waals surface area (Å²) in [5.41, 5.74) is 1.88. The van der Waals surface area contributed by atoms with Gasteiger partial charge < -0.3 is 15.4 Å². The first-order valence-electron chi connectivity index (χ1n) is 8.92. The molecule has 2 rings (SSSR count). The van der Waals surface area contributed by atoms with Gasteiger partial charge in [0.25, 0.3) is 0 Å². The lowest BCUT2D eigenvalue weighted by atomic mass is 9.93. The lowest BCUT2D eigenvalue weighted by Gasteiger charge is -2.22. The number of benzene rings is 1. The minimum Gasteiger partial charge on any atom is -0.466 e. The molecule has 0 saturated carbocycles. The zero-order valence-corrected chi connectivity index (χ0v) is 14.5. The van der Waals surface area contributed by atoms with E-state index < -0.39 is 0 Å². The molecule has 1 aliphatic rings. The van der Waals surface area contributed by atoms with Crippen LogP contribution < -0.4 is 10.6 Å². The summed E-state index contributed by atoms with van der Waals surface area (Å²) in [5, 5.41) is 6.29. The fourth-order valence-electron chi connectivity index (χ4n) is 2.96. The smallest absolute Gasteiger partial charge is 0.306 e. The Hall–Kier alpha value is -1.88. The molecule has 0 aliphatic carbocycles. The van der Waals surface area contributed by atoms with E-state index in [2.05, 4.69) is 10.6 Å². The molecule has 1 aromatic carbocycles. The van der Waals surface area contributed by atoms with Crippen LogP contribution in [0.5, 0.6) is 0 Å². The molecule has 2 N–H and O–H groups in total. The van der Waals surface area contributed by atoms with E-state index in [9.17, 15) is 9.59 Å². The minimum atomic E-state index is -0.173. The lowest BCUT2D eigenvalue weighted by molar-refractivity contribution is -0.143. The second-order valence-corrected chi connectivity index (χ2v) is 6.28. The van der Waals surface area contributed by atoms with Crippen molar-refractivity contribution in [3.05, 3.63) is 29.8 Å². The van der Waals surface area contributed by atoms with Crippen LogP contribution >= 0.6 is 0 Å². The van der Waals surface area contributed by atoms with Gasteiger partial charge in [0, 0.05) is 18.5 Å². The fraction of sp³-hybridized carbons (Fsp3) is 0.579. The molecule has 1 saturated heterocycles. The predicted octanol–water partition coefficient (Wildman–Crippen LogP) is 2.90. The van der Waals surface area contributed by atoms with Crippen molar-refractivity contribution in [3.8, 4) is 0 Å². The quantitative estimate of drug-likeness (QED) is 0.718. The Morgan fingerprint density at radius 1 is 1.17 bits per heavy atom. The Labute approximate surface area is 144 Å². The number of carbonyl (C=O) groups excluding carboxylic acids is 2. The van der Waals surface area contributed by atoms with Crippen LogP contribution in [0.4, 0.5) is 5.69 Å². The van der Waals surface area contributed by atoms with Crippen LogP contribution in [0, 0.1) is 5.92 Å². The second-order valence-electron chi connectivity index (χ2n) is 6.28. The van der Waals surface area contributed by atoms with Crippen molar-refractivity contribution in [3.63, 3.8) is 0 Å². The van der Waals surface area contributed by atoms with Crippen molar-refractivity contribution >= 4 is 17.6 Å². The molecule has 0 aromatic heterocycles. The highest BCUT2D eigenvalue weighted by Crippen LogP contribution is 2.18. The van der Waals surface area contributed by atoms with Crippen LogP contribution in [0.2, 0.25) is 0 Å². The van der Waals surface area contributed by atoms with Gasteiger partial charge in [0.2, 0.25) is 5.91 Å². The molecule has 1 fully saturated rings. The Morgan fingerprint density at radius 2 is 1.88 bits per heavy atom. The summed E-state index contributed by atoms with van der Waals surface area (Å²) in [7, 11) is 0. The van der Waals surface area contributed by atoms with Crippen molar-refractivity contribution in [2.45, 2.75) is 45.4 Å². The lowest BCUT2D eigenvalue weighted by Crippen LogP contribution is -2.28. The number of carbonyl (C=O) groups is 2. The van der Waals surface area contributed by atoms with Gasteiger partial charge in [-0.05, 0) is 69.3 Å². The Kier molecular flexibility index (Phi) is 7.75. The summed E-state index contributed by atoms with van der Waals surface area (Å²) >= 11 is 0. The van der Waals surface area contributed by atoms with E-state index in [-0.39, 0.29) is 11.9 Å². The maximum absolute atomic E-state index is 12.0. The van der Waals surface area contributed by atoms with Crippen molar-refractivity contribution in [1.82, 2.24) is 5.32 Å². The summed E-state index contributed by atoms with van der Waals surface area (Å²) in [6.07, 6.45) is 4.92. The first kappa shape index (κ1) is 18.5. The van der Waals surface area contributed by atoms with Crippen LogP contribution in [0.15, 0.2) is 24.3 Å². The minimum absolute atomic E-state index is 0.0767. The molecule has 5 heteroatoms. The van der Waals surface area contributed by atoms with Gasteiger partial charge in [-0.15, -0.1) is 0 Å². The molecule has 1 heterocycles. The molecular weight excluding hydrogens is 304 g/mol. The summed E-state index contributed by atoms with van der Waals surface area (Å²) < 4.78 is 4.92. The Morgan fingerprint density at radius 3 is 2.54 bits per heavy atom. The number of hydrogen-bond donors (Lipinski definition) is 2. The SMILES string of the molecule is CCOC(=O)CCc1ccc(NC(=O)CCC2CCNCC2)cc1.